The van der Waals surface area contributed by atoms with Crippen LogP contribution in [0.2, 0.25) is 0 Å². The lowest BCUT2D eigenvalue weighted by molar-refractivity contribution is 0.448. The smallest absolute Gasteiger partial charge is 0.118 e. The van der Waals surface area contributed by atoms with Gasteiger partial charge in [0.15, 0.2) is 0 Å². The van der Waals surface area contributed by atoms with Crippen LogP contribution in [0.3, 0.4) is 0 Å². The number of hydrogen-bond donors (Lipinski definition) is 2. The fourth-order valence-electron chi connectivity index (χ4n) is 1.51. The van der Waals surface area contributed by atoms with Crippen molar-refractivity contribution in [3.63, 3.8) is 0 Å². The van der Waals surface area contributed by atoms with Crippen LogP contribution in [0.4, 0.5) is 0 Å². The lowest BCUT2D eigenvalue weighted by Gasteiger charge is -1.99. The Morgan fingerprint density at radius 1 is 1.35 bits per heavy atom. The first-order valence-corrected chi connectivity index (χ1v) is 6.55. The first-order valence-electron chi connectivity index (χ1n) is 5.73. The molecule has 2 rings (SSSR count). The van der Waals surface area contributed by atoms with Gasteiger partial charge in [-0.05, 0) is 18.6 Å². The van der Waals surface area contributed by atoms with Crippen LogP contribution < -0.4 is 11.1 Å². The van der Waals surface area contributed by atoms with Crippen LogP contribution in [-0.2, 0) is 26.1 Å². The fourth-order valence-corrected chi connectivity index (χ4v) is 2.34. The highest BCUT2D eigenvalue weighted by Gasteiger charge is 2.02. The van der Waals surface area contributed by atoms with Gasteiger partial charge in [0.1, 0.15) is 16.5 Å². The second-order valence-electron chi connectivity index (χ2n) is 3.75. The summed E-state index contributed by atoms with van der Waals surface area (Å²) in [6.07, 6.45) is 3.00. The molecule has 0 saturated heterocycles. The highest BCUT2D eigenvalue weighted by molar-refractivity contribution is 7.11. The van der Waals surface area contributed by atoms with Gasteiger partial charge in [0, 0.05) is 17.6 Å². The summed E-state index contributed by atoms with van der Waals surface area (Å²) >= 11 is 1.75. The zero-order valence-electron chi connectivity index (χ0n) is 9.90. The molecule has 0 aliphatic rings. The monoisotopic (exact) mass is 251 g/mol. The molecule has 2 aromatic rings. The van der Waals surface area contributed by atoms with Gasteiger partial charge >= 0.3 is 0 Å². The standard InChI is InChI=1S/C12H17N3OS/c1-2-11-7-15-12(17-11)8-14-6-10-4-3-9(5-13)16-10/h3-4,7,14H,2,5-6,8,13H2,1H3. The zero-order valence-corrected chi connectivity index (χ0v) is 10.7. The molecule has 4 nitrogen and oxygen atoms in total. The van der Waals surface area contributed by atoms with Gasteiger partial charge in [0.25, 0.3) is 0 Å². The van der Waals surface area contributed by atoms with Crippen LogP contribution in [0, 0.1) is 0 Å². The van der Waals surface area contributed by atoms with E-state index >= 15 is 0 Å². The van der Waals surface area contributed by atoms with Crippen LogP contribution in [0.15, 0.2) is 22.7 Å². The van der Waals surface area contributed by atoms with Crippen LogP contribution in [0.5, 0.6) is 0 Å². The topological polar surface area (TPSA) is 64.1 Å². The predicted octanol–water partition coefficient (Wildman–Crippen LogP) is 2.05. The van der Waals surface area contributed by atoms with Crippen molar-refractivity contribution in [2.75, 3.05) is 0 Å². The highest BCUT2D eigenvalue weighted by Crippen LogP contribution is 2.13. The molecule has 0 saturated carbocycles. The second kappa shape index (κ2) is 5.95. The molecule has 0 aliphatic heterocycles. The summed E-state index contributed by atoms with van der Waals surface area (Å²) < 4.78 is 5.49. The van der Waals surface area contributed by atoms with E-state index in [-0.39, 0.29) is 0 Å². The molecule has 0 fully saturated rings. The molecule has 0 atom stereocenters. The van der Waals surface area contributed by atoms with E-state index in [0.717, 1.165) is 29.5 Å². The minimum atomic E-state index is 0.451. The van der Waals surface area contributed by atoms with Crippen molar-refractivity contribution in [2.45, 2.75) is 33.0 Å². The minimum Gasteiger partial charge on any atom is -0.463 e. The maximum atomic E-state index is 5.49. The quantitative estimate of drug-likeness (QED) is 0.824. The normalized spacial score (nSPS) is 10.9. The van der Waals surface area contributed by atoms with Crippen molar-refractivity contribution in [1.82, 2.24) is 10.3 Å². The van der Waals surface area contributed by atoms with Crippen molar-refractivity contribution in [2.24, 2.45) is 5.73 Å². The second-order valence-corrected chi connectivity index (χ2v) is 4.95. The molecule has 0 unspecified atom stereocenters. The number of hydrogen-bond acceptors (Lipinski definition) is 5. The summed E-state index contributed by atoms with van der Waals surface area (Å²) in [7, 11) is 0. The van der Waals surface area contributed by atoms with Gasteiger partial charge in [-0.1, -0.05) is 6.92 Å². The van der Waals surface area contributed by atoms with Gasteiger partial charge in [-0.25, -0.2) is 4.98 Å². The SMILES string of the molecule is CCc1cnc(CNCc2ccc(CN)o2)s1. The molecule has 3 N–H and O–H groups in total. The van der Waals surface area contributed by atoms with E-state index in [1.807, 2.05) is 18.3 Å². The first-order chi connectivity index (χ1) is 8.31. The molecule has 0 aromatic carbocycles. The molecular weight excluding hydrogens is 234 g/mol. The predicted molar refractivity (Wildman–Crippen MR) is 68.6 cm³/mol. The lowest BCUT2D eigenvalue weighted by atomic mass is 10.4. The Morgan fingerprint density at radius 2 is 2.18 bits per heavy atom. The molecular formula is C12H17N3OS. The van der Waals surface area contributed by atoms with Crippen molar-refractivity contribution in [3.8, 4) is 0 Å². The summed E-state index contributed by atoms with van der Waals surface area (Å²) in [4.78, 5) is 5.67. The van der Waals surface area contributed by atoms with Crippen molar-refractivity contribution in [1.29, 1.82) is 0 Å². The van der Waals surface area contributed by atoms with Crippen molar-refractivity contribution >= 4 is 11.3 Å². The molecule has 0 aliphatic carbocycles. The van der Waals surface area contributed by atoms with Crippen molar-refractivity contribution < 1.29 is 4.42 Å². The summed E-state index contributed by atoms with van der Waals surface area (Å²) in [6.45, 7) is 4.08. The Balaban J connectivity index is 1.79. The number of rotatable bonds is 6. The largest absolute Gasteiger partial charge is 0.463 e. The summed E-state index contributed by atoms with van der Waals surface area (Å²) in [6, 6.07) is 3.87. The molecule has 0 radical (unpaired) electrons. The van der Waals surface area contributed by atoms with E-state index < -0.39 is 0 Å². The third-order valence-corrected chi connectivity index (χ3v) is 3.59. The van der Waals surface area contributed by atoms with Crippen molar-refractivity contribution in [3.05, 3.63) is 39.7 Å². The van der Waals surface area contributed by atoms with E-state index in [1.165, 1.54) is 4.88 Å². The Morgan fingerprint density at radius 3 is 2.82 bits per heavy atom. The van der Waals surface area contributed by atoms with Crippen LogP contribution in [0.25, 0.3) is 0 Å². The third kappa shape index (κ3) is 3.39. The van der Waals surface area contributed by atoms with Gasteiger partial charge in [-0.2, -0.15) is 0 Å². The zero-order chi connectivity index (χ0) is 12.1. The molecule has 0 spiro atoms. The molecule has 0 bridgehead atoms. The number of aromatic nitrogens is 1. The van der Waals surface area contributed by atoms with E-state index in [1.54, 1.807) is 11.3 Å². The molecule has 5 heteroatoms. The summed E-state index contributed by atoms with van der Waals surface area (Å²) in [5.74, 6) is 1.74. The summed E-state index contributed by atoms with van der Waals surface area (Å²) in [5.41, 5.74) is 5.48. The van der Waals surface area contributed by atoms with Gasteiger partial charge < -0.3 is 15.5 Å². The average molecular weight is 251 g/mol. The maximum Gasteiger partial charge on any atom is 0.118 e. The van der Waals surface area contributed by atoms with Gasteiger partial charge in [-0.3, -0.25) is 0 Å². The Bertz CT molecular complexity index is 422. The fraction of sp³-hybridized carbons (Fsp3) is 0.417. The molecule has 0 amide bonds. The van der Waals surface area contributed by atoms with Crippen LogP contribution in [0.1, 0.15) is 28.3 Å². The number of nitrogens with zero attached hydrogens (tertiary/aromatic N) is 1. The number of thiazole rings is 1. The lowest BCUT2D eigenvalue weighted by Crippen LogP contribution is -2.11. The maximum absolute atomic E-state index is 5.49. The minimum absolute atomic E-state index is 0.451. The molecule has 92 valence electrons. The number of nitrogens with one attached hydrogen (secondary N) is 1. The van der Waals surface area contributed by atoms with E-state index in [4.69, 9.17) is 10.2 Å². The Hall–Kier alpha value is -1.17. The summed E-state index contributed by atoms with van der Waals surface area (Å²) in [5, 5.41) is 4.42. The van der Waals surface area contributed by atoms with E-state index in [9.17, 15) is 0 Å². The Kier molecular flexibility index (Phi) is 4.30. The third-order valence-electron chi connectivity index (χ3n) is 2.44. The number of furan rings is 1. The number of nitrogens with two attached hydrogens (primary N) is 1. The van der Waals surface area contributed by atoms with Gasteiger partial charge in [-0.15, -0.1) is 11.3 Å². The molecule has 2 aromatic heterocycles. The highest BCUT2D eigenvalue weighted by atomic mass is 32.1. The first kappa shape index (κ1) is 12.3. The van der Waals surface area contributed by atoms with E-state index in [0.29, 0.717) is 13.1 Å². The van der Waals surface area contributed by atoms with E-state index in [2.05, 4.69) is 17.2 Å². The van der Waals surface area contributed by atoms with Gasteiger partial charge in [0.2, 0.25) is 0 Å². The Labute approximate surface area is 105 Å². The van der Waals surface area contributed by atoms with Crippen LogP contribution in [-0.4, -0.2) is 4.98 Å². The number of aryl methyl sites for hydroxylation is 1. The molecule has 2 heterocycles. The van der Waals surface area contributed by atoms with Crippen LogP contribution >= 0.6 is 11.3 Å². The van der Waals surface area contributed by atoms with Gasteiger partial charge in [0.05, 0.1) is 13.1 Å². The molecule has 17 heavy (non-hydrogen) atoms. The average Bonchev–Trinajstić information content (AvgIpc) is 2.97.